The molecule has 18 heavy (non-hydrogen) atoms. The van der Waals surface area contributed by atoms with Crippen molar-refractivity contribution in [2.75, 3.05) is 6.54 Å². The Balaban J connectivity index is 2.02. The van der Waals surface area contributed by atoms with E-state index in [4.69, 9.17) is 0 Å². The Morgan fingerprint density at radius 1 is 1.28 bits per heavy atom. The highest BCUT2D eigenvalue weighted by Gasteiger charge is 2.18. The number of hydrogen-bond donors (Lipinski definition) is 1. The molecule has 0 radical (unpaired) electrons. The Hall–Kier alpha value is -1.15. The van der Waals surface area contributed by atoms with Gasteiger partial charge in [-0.3, -0.25) is 4.79 Å². The van der Waals surface area contributed by atoms with Crippen LogP contribution in [0.3, 0.4) is 0 Å². The van der Waals surface area contributed by atoms with Crippen LogP contribution in [0.15, 0.2) is 12.1 Å². The third-order valence-electron chi connectivity index (χ3n) is 3.85. The van der Waals surface area contributed by atoms with E-state index in [2.05, 4.69) is 38.2 Å². The van der Waals surface area contributed by atoms with Crippen LogP contribution in [0.5, 0.6) is 0 Å². The molecular weight excluding hydrogens is 222 g/mol. The lowest BCUT2D eigenvalue weighted by Crippen LogP contribution is -2.25. The molecule has 1 unspecified atom stereocenters. The van der Waals surface area contributed by atoms with Gasteiger partial charge in [0, 0.05) is 18.9 Å². The number of carbonyl (C=O) groups excluding carboxylic acids is 1. The van der Waals surface area contributed by atoms with Crippen molar-refractivity contribution in [3.8, 4) is 0 Å². The summed E-state index contributed by atoms with van der Waals surface area (Å²) in [5, 5.41) is 3.39. The first-order valence-electron chi connectivity index (χ1n) is 6.88. The second-order valence-corrected chi connectivity index (χ2v) is 5.59. The zero-order valence-corrected chi connectivity index (χ0v) is 11.7. The maximum absolute atomic E-state index is 12.1. The van der Waals surface area contributed by atoms with Gasteiger partial charge in [-0.2, -0.15) is 0 Å². The molecule has 1 fully saturated rings. The summed E-state index contributed by atoms with van der Waals surface area (Å²) in [7, 11) is 0. The Morgan fingerprint density at radius 2 is 1.94 bits per heavy atom. The summed E-state index contributed by atoms with van der Waals surface area (Å²) in [4.78, 5) is 12.1. The molecule has 1 N–H and O–H groups in total. The first kappa shape index (κ1) is 13.3. The molecule has 1 aliphatic heterocycles. The fourth-order valence-corrected chi connectivity index (χ4v) is 2.96. The van der Waals surface area contributed by atoms with Crippen LogP contribution in [-0.2, 0) is 11.2 Å². The van der Waals surface area contributed by atoms with Gasteiger partial charge in [0.15, 0.2) is 0 Å². The van der Waals surface area contributed by atoms with Gasteiger partial charge in [0.1, 0.15) is 5.78 Å². The highest BCUT2D eigenvalue weighted by Crippen LogP contribution is 2.19. The van der Waals surface area contributed by atoms with E-state index in [-0.39, 0.29) is 0 Å². The number of nitrogens with one attached hydrogen (secondary N) is 1. The van der Waals surface area contributed by atoms with E-state index >= 15 is 0 Å². The van der Waals surface area contributed by atoms with Crippen LogP contribution in [-0.4, -0.2) is 18.4 Å². The molecule has 2 rings (SSSR count). The molecule has 2 nitrogen and oxygen atoms in total. The number of rotatable bonds is 4. The van der Waals surface area contributed by atoms with E-state index in [1.807, 2.05) is 0 Å². The Kier molecular flexibility index (Phi) is 4.18. The molecular formula is C16H23NO. The topological polar surface area (TPSA) is 29.1 Å². The Bertz CT molecular complexity index is 421. The van der Waals surface area contributed by atoms with Crippen molar-refractivity contribution in [2.24, 2.45) is 0 Å². The van der Waals surface area contributed by atoms with Gasteiger partial charge in [-0.15, -0.1) is 0 Å². The molecule has 1 aliphatic rings. The molecule has 1 aromatic rings. The van der Waals surface area contributed by atoms with Crippen molar-refractivity contribution in [1.29, 1.82) is 0 Å². The Morgan fingerprint density at radius 3 is 2.50 bits per heavy atom. The molecule has 1 atom stereocenters. The van der Waals surface area contributed by atoms with Crippen molar-refractivity contribution >= 4 is 5.78 Å². The van der Waals surface area contributed by atoms with Crippen LogP contribution in [0.1, 0.15) is 41.5 Å². The van der Waals surface area contributed by atoms with Gasteiger partial charge in [-0.1, -0.05) is 17.7 Å². The first-order valence-corrected chi connectivity index (χ1v) is 6.88. The predicted molar refractivity (Wildman–Crippen MR) is 75.0 cm³/mol. The summed E-state index contributed by atoms with van der Waals surface area (Å²) in [5.74, 6) is 0.365. The molecule has 0 bridgehead atoms. The van der Waals surface area contributed by atoms with Crippen LogP contribution in [0.2, 0.25) is 0 Å². The van der Waals surface area contributed by atoms with Gasteiger partial charge in [0.05, 0.1) is 0 Å². The predicted octanol–water partition coefficient (Wildman–Crippen LogP) is 2.87. The third kappa shape index (κ3) is 3.20. The van der Waals surface area contributed by atoms with Gasteiger partial charge in [0.25, 0.3) is 0 Å². The average molecular weight is 245 g/mol. The van der Waals surface area contributed by atoms with Gasteiger partial charge in [0.2, 0.25) is 0 Å². The molecule has 0 spiro atoms. The molecule has 1 heterocycles. The van der Waals surface area contributed by atoms with Crippen LogP contribution in [0, 0.1) is 20.8 Å². The van der Waals surface area contributed by atoms with Crippen LogP contribution < -0.4 is 5.32 Å². The zero-order chi connectivity index (χ0) is 13.1. The maximum atomic E-state index is 12.1. The largest absolute Gasteiger partial charge is 0.314 e. The number of aryl methyl sites for hydroxylation is 3. The van der Waals surface area contributed by atoms with Crippen molar-refractivity contribution in [2.45, 2.75) is 52.5 Å². The zero-order valence-electron chi connectivity index (χ0n) is 11.7. The molecule has 98 valence electrons. The Labute approximate surface area is 110 Å². The highest BCUT2D eigenvalue weighted by atomic mass is 16.1. The molecule has 0 aliphatic carbocycles. The normalized spacial score (nSPS) is 19.2. The maximum Gasteiger partial charge on any atom is 0.138 e. The molecule has 0 aromatic heterocycles. The average Bonchev–Trinajstić information content (AvgIpc) is 2.76. The minimum atomic E-state index is 0.365. The summed E-state index contributed by atoms with van der Waals surface area (Å²) >= 11 is 0. The number of benzene rings is 1. The fraction of sp³-hybridized carbons (Fsp3) is 0.562. The van der Waals surface area contributed by atoms with E-state index in [9.17, 15) is 4.79 Å². The number of carbonyl (C=O) groups is 1. The smallest absolute Gasteiger partial charge is 0.138 e. The first-order chi connectivity index (χ1) is 8.56. The minimum Gasteiger partial charge on any atom is -0.314 e. The van der Waals surface area contributed by atoms with E-state index < -0.39 is 0 Å². The van der Waals surface area contributed by atoms with Gasteiger partial charge in [-0.05, 0) is 56.8 Å². The molecule has 0 amide bonds. The quantitative estimate of drug-likeness (QED) is 0.883. The summed E-state index contributed by atoms with van der Waals surface area (Å²) in [5.41, 5.74) is 5.00. The lowest BCUT2D eigenvalue weighted by Gasteiger charge is -2.13. The van der Waals surface area contributed by atoms with Crippen molar-refractivity contribution in [3.05, 3.63) is 34.4 Å². The van der Waals surface area contributed by atoms with E-state index in [1.165, 1.54) is 28.7 Å². The van der Waals surface area contributed by atoms with Gasteiger partial charge in [-0.25, -0.2) is 0 Å². The number of Topliss-reactive ketones (excluding diaryl/α,β-unsaturated/α-hetero) is 1. The van der Waals surface area contributed by atoms with Gasteiger partial charge < -0.3 is 5.32 Å². The van der Waals surface area contributed by atoms with Crippen molar-refractivity contribution in [3.63, 3.8) is 0 Å². The van der Waals surface area contributed by atoms with Crippen LogP contribution >= 0.6 is 0 Å². The number of hydrogen-bond acceptors (Lipinski definition) is 2. The lowest BCUT2D eigenvalue weighted by atomic mass is 9.94. The third-order valence-corrected chi connectivity index (χ3v) is 3.85. The summed E-state index contributed by atoms with van der Waals surface area (Å²) in [6.45, 7) is 7.39. The van der Waals surface area contributed by atoms with Crippen molar-refractivity contribution in [1.82, 2.24) is 5.32 Å². The van der Waals surface area contributed by atoms with Crippen LogP contribution in [0.4, 0.5) is 0 Å². The standard InChI is InChI=1S/C16H23NO/c1-11-7-12(2)16(13(3)8-11)10-15(18)9-14-5-4-6-17-14/h7-8,14,17H,4-6,9-10H2,1-3H3. The van der Waals surface area contributed by atoms with E-state index in [0.717, 1.165) is 13.0 Å². The van der Waals surface area contributed by atoms with Crippen LogP contribution in [0.25, 0.3) is 0 Å². The second kappa shape index (κ2) is 5.66. The molecule has 1 saturated heterocycles. The van der Waals surface area contributed by atoms with Crippen molar-refractivity contribution < 1.29 is 4.79 Å². The van der Waals surface area contributed by atoms with E-state index in [0.29, 0.717) is 24.7 Å². The summed E-state index contributed by atoms with van der Waals surface area (Å²) in [6.07, 6.45) is 3.64. The van der Waals surface area contributed by atoms with E-state index in [1.54, 1.807) is 0 Å². The fourth-order valence-electron chi connectivity index (χ4n) is 2.96. The lowest BCUT2D eigenvalue weighted by molar-refractivity contribution is -0.118. The molecule has 2 heteroatoms. The summed E-state index contributed by atoms with van der Waals surface area (Å²) in [6, 6.07) is 4.76. The number of ketones is 1. The van der Waals surface area contributed by atoms with Gasteiger partial charge >= 0.3 is 0 Å². The monoisotopic (exact) mass is 245 g/mol. The second-order valence-electron chi connectivity index (χ2n) is 5.59. The molecule has 1 aromatic carbocycles. The molecule has 0 saturated carbocycles. The SMILES string of the molecule is Cc1cc(C)c(CC(=O)CC2CCCN2)c(C)c1. The minimum absolute atomic E-state index is 0.365. The summed E-state index contributed by atoms with van der Waals surface area (Å²) < 4.78 is 0. The highest BCUT2D eigenvalue weighted by molar-refractivity contribution is 5.82.